The van der Waals surface area contributed by atoms with E-state index >= 15 is 0 Å². The number of benzene rings is 2. The molecule has 5 heteroatoms. The fraction of sp³-hybridized carbons (Fsp3) is 0.136. The number of para-hydroxylation sites is 1. The molecule has 0 saturated carbocycles. The van der Waals surface area contributed by atoms with E-state index in [4.69, 9.17) is 0 Å². The van der Waals surface area contributed by atoms with Crippen molar-refractivity contribution >= 4 is 28.4 Å². The van der Waals surface area contributed by atoms with Gasteiger partial charge < -0.3 is 10.6 Å². The Balaban J connectivity index is 1.39. The Hall–Kier alpha value is -3.47. The lowest BCUT2D eigenvalue weighted by molar-refractivity contribution is 0.853. The molecule has 0 aliphatic rings. The monoisotopic (exact) mass is 355 g/mol. The highest BCUT2D eigenvalue weighted by molar-refractivity contribution is 5.91. The van der Waals surface area contributed by atoms with Gasteiger partial charge in [0.05, 0.1) is 11.2 Å². The van der Waals surface area contributed by atoms with Crippen molar-refractivity contribution < 1.29 is 0 Å². The lowest BCUT2D eigenvalue weighted by atomic mass is 10.1. The predicted molar refractivity (Wildman–Crippen MR) is 110 cm³/mol. The number of anilines is 3. The summed E-state index contributed by atoms with van der Waals surface area (Å²) in [5, 5.41) is 7.74. The molecule has 4 rings (SSSR count). The lowest BCUT2D eigenvalue weighted by Gasteiger charge is -2.10. The number of pyridine rings is 1. The van der Waals surface area contributed by atoms with Gasteiger partial charge in [0.2, 0.25) is 5.95 Å². The van der Waals surface area contributed by atoms with Crippen LogP contribution in [0.25, 0.3) is 10.9 Å². The zero-order valence-corrected chi connectivity index (χ0v) is 15.0. The number of rotatable bonds is 7. The first-order valence-electron chi connectivity index (χ1n) is 9.10. The molecule has 0 aliphatic heterocycles. The van der Waals surface area contributed by atoms with Crippen molar-refractivity contribution in [1.29, 1.82) is 0 Å². The number of aromatic nitrogens is 3. The predicted octanol–water partition coefficient (Wildman–Crippen LogP) is 4.81. The zero-order valence-electron chi connectivity index (χ0n) is 15.0. The van der Waals surface area contributed by atoms with E-state index in [0.29, 0.717) is 5.95 Å². The van der Waals surface area contributed by atoms with Crippen LogP contribution >= 0.6 is 0 Å². The molecular formula is C22H21N5. The maximum atomic E-state index is 4.56. The molecule has 4 aromatic rings. The molecule has 2 N–H and O–H groups in total. The number of hydrogen-bond acceptors (Lipinski definition) is 5. The van der Waals surface area contributed by atoms with Crippen molar-refractivity contribution in [2.75, 3.05) is 17.2 Å². The summed E-state index contributed by atoms with van der Waals surface area (Å²) in [6.45, 7) is 0.828. The third-order valence-corrected chi connectivity index (χ3v) is 4.32. The molecule has 0 bridgehead atoms. The first kappa shape index (κ1) is 17.0. The highest BCUT2D eigenvalue weighted by atomic mass is 15.1. The summed E-state index contributed by atoms with van der Waals surface area (Å²) in [5.74, 6) is 1.37. The van der Waals surface area contributed by atoms with Crippen LogP contribution in [0.5, 0.6) is 0 Å². The van der Waals surface area contributed by atoms with Gasteiger partial charge in [-0.05, 0) is 36.6 Å². The van der Waals surface area contributed by atoms with Crippen LogP contribution in [-0.4, -0.2) is 21.5 Å². The standard InChI is InChI=1S/C22H21N5/c1-2-7-17(8-3-1)9-5-15-24-22-25-16-13-20(27-22)26-19-12-4-10-18-11-6-14-23-21(18)19/h1-4,6-8,10-14,16H,5,9,15H2,(H2,24,25,26,27). The number of hydrogen-bond donors (Lipinski definition) is 2. The molecule has 5 nitrogen and oxygen atoms in total. The first-order chi connectivity index (χ1) is 13.4. The minimum atomic E-state index is 0.626. The van der Waals surface area contributed by atoms with Crippen LogP contribution in [0.3, 0.4) is 0 Å². The molecular weight excluding hydrogens is 334 g/mol. The maximum Gasteiger partial charge on any atom is 0.224 e. The molecule has 0 amide bonds. The molecule has 0 unspecified atom stereocenters. The van der Waals surface area contributed by atoms with Gasteiger partial charge in [-0.1, -0.05) is 48.5 Å². The molecule has 0 radical (unpaired) electrons. The third-order valence-electron chi connectivity index (χ3n) is 4.32. The van der Waals surface area contributed by atoms with E-state index in [1.165, 1.54) is 5.56 Å². The molecule has 0 saturated heterocycles. The minimum absolute atomic E-state index is 0.626. The summed E-state index contributed by atoms with van der Waals surface area (Å²) in [6, 6.07) is 22.4. The van der Waals surface area contributed by atoms with Crippen LogP contribution in [0, 0.1) is 0 Å². The molecule has 0 spiro atoms. The first-order valence-corrected chi connectivity index (χ1v) is 9.10. The van der Waals surface area contributed by atoms with Gasteiger partial charge >= 0.3 is 0 Å². The third kappa shape index (κ3) is 4.39. The van der Waals surface area contributed by atoms with E-state index in [0.717, 1.165) is 41.8 Å². The highest BCUT2D eigenvalue weighted by Gasteiger charge is 2.04. The maximum absolute atomic E-state index is 4.56. The number of nitrogens with one attached hydrogen (secondary N) is 2. The van der Waals surface area contributed by atoms with Crippen molar-refractivity contribution in [2.24, 2.45) is 0 Å². The van der Waals surface area contributed by atoms with Crippen LogP contribution < -0.4 is 10.6 Å². The van der Waals surface area contributed by atoms with E-state index < -0.39 is 0 Å². The van der Waals surface area contributed by atoms with E-state index in [9.17, 15) is 0 Å². The van der Waals surface area contributed by atoms with E-state index in [1.54, 1.807) is 12.4 Å². The molecule has 27 heavy (non-hydrogen) atoms. The van der Waals surface area contributed by atoms with Gasteiger partial charge in [-0.25, -0.2) is 4.98 Å². The number of nitrogens with zero attached hydrogens (tertiary/aromatic N) is 3. The van der Waals surface area contributed by atoms with Gasteiger partial charge in [-0.15, -0.1) is 0 Å². The Kier molecular flexibility index (Phi) is 5.20. The molecule has 2 heterocycles. The van der Waals surface area contributed by atoms with Crippen LogP contribution in [0.1, 0.15) is 12.0 Å². The summed E-state index contributed by atoms with van der Waals surface area (Å²) in [6.07, 6.45) is 5.62. The number of fused-ring (bicyclic) bond motifs is 1. The molecule has 0 atom stereocenters. The minimum Gasteiger partial charge on any atom is -0.354 e. The Morgan fingerprint density at radius 1 is 0.778 bits per heavy atom. The average Bonchev–Trinajstić information content (AvgIpc) is 2.73. The van der Waals surface area contributed by atoms with Gasteiger partial charge in [0.1, 0.15) is 5.82 Å². The Bertz CT molecular complexity index is 1010. The summed E-state index contributed by atoms with van der Waals surface area (Å²) in [5.41, 5.74) is 3.21. The Labute approximate surface area is 158 Å². The molecule has 134 valence electrons. The highest BCUT2D eigenvalue weighted by Crippen LogP contribution is 2.23. The fourth-order valence-corrected chi connectivity index (χ4v) is 2.99. The zero-order chi connectivity index (χ0) is 18.3. The van der Waals surface area contributed by atoms with Crippen LogP contribution in [0.4, 0.5) is 17.5 Å². The number of aryl methyl sites for hydroxylation is 1. The average molecular weight is 355 g/mol. The normalized spacial score (nSPS) is 10.7. The topological polar surface area (TPSA) is 62.7 Å². The lowest BCUT2D eigenvalue weighted by Crippen LogP contribution is -2.07. The molecule has 0 fully saturated rings. The van der Waals surface area contributed by atoms with Crippen molar-refractivity contribution in [2.45, 2.75) is 12.8 Å². The van der Waals surface area contributed by atoms with Gasteiger partial charge in [-0.2, -0.15) is 4.98 Å². The smallest absolute Gasteiger partial charge is 0.224 e. The summed E-state index contributed by atoms with van der Waals surface area (Å²) in [4.78, 5) is 13.3. The van der Waals surface area contributed by atoms with Crippen LogP contribution in [0.2, 0.25) is 0 Å². The SMILES string of the molecule is c1ccc(CCCNc2nccc(Nc3cccc4cccnc34)n2)cc1. The second-order valence-corrected chi connectivity index (χ2v) is 6.29. The van der Waals surface area contributed by atoms with Crippen LogP contribution in [-0.2, 0) is 6.42 Å². The van der Waals surface area contributed by atoms with Gasteiger partial charge in [0.15, 0.2) is 0 Å². The van der Waals surface area contributed by atoms with Crippen LogP contribution in [0.15, 0.2) is 79.1 Å². The van der Waals surface area contributed by atoms with Gasteiger partial charge in [0, 0.05) is 24.3 Å². The summed E-state index contributed by atoms with van der Waals surface area (Å²) >= 11 is 0. The second-order valence-electron chi connectivity index (χ2n) is 6.29. The van der Waals surface area contributed by atoms with E-state index in [1.807, 2.05) is 42.5 Å². The summed E-state index contributed by atoms with van der Waals surface area (Å²) in [7, 11) is 0. The van der Waals surface area contributed by atoms with Crippen molar-refractivity contribution in [1.82, 2.24) is 15.0 Å². The van der Waals surface area contributed by atoms with Crippen molar-refractivity contribution in [3.63, 3.8) is 0 Å². The van der Waals surface area contributed by atoms with E-state index in [-0.39, 0.29) is 0 Å². The largest absolute Gasteiger partial charge is 0.354 e. The summed E-state index contributed by atoms with van der Waals surface area (Å²) < 4.78 is 0. The molecule has 2 aromatic heterocycles. The van der Waals surface area contributed by atoms with Gasteiger partial charge in [0.25, 0.3) is 0 Å². The quantitative estimate of drug-likeness (QED) is 0.466. The molecule has 0 aliphatic carbocycles. The van der Waals surface area contributed by atoms with Crippen molar-refractivity contribution in [3.8, 4) is 0 Å². The fourth-order valence-electron chi connectivity index (χ4n) is 2.99. The molecule has 2 aromatic carbocycles. The van der Waals surface area contributed by atoms with E-state index in [2.05, 4.69) is 49.9 Å². The Morgan fingerprint density at radius 3 is 2.59 bits per heavy atom. The van der Waals surface area contributed by atoms with Gasteiger partial charge in [-0.3, -0.25) is 4.98 Å². The Morgan fingerprint density at radius 2 is 1.67 bits per heavy atom. The second kappa shape index (κ2) is 8.27. The van der Waals surface area contributed by atoms with Crippen molar-refractivity contribution in [3.05, 3.63) is 84.7 Å².